The van der Waals surface area contributed by atoms with Crippen LogP contribution in [0.4, 0.5) is 0 Å². The summed E-state index contributed by atoms with van der Waals surface area (Å²) in [7, 11) is -1.52. The maximum atomic E-state index is 12.8. The average molecular weight is 352 g/mol. The van der Waals surface area contributed by atoms with Crippen LogP contribution < -0.4 is 10.1 Å². The zero-order chi connectivity index (χ0) is 17.4. The van der Waals surface area contributed by atoms with Gasteiger partial charge in [-0.2, -0.15) is 0 Å². The van der Waals surface area contributed by atoms with Crippen molar-refractivity contribution >= 4 is 15.9 Å². The van der Waals surface area contributed by atoms with Crippen LogP contribution in [0.5, 0.6) is 5.75 Å². The van der Waals surface area contributed by atoms with Crippen molar-refractivity contribution in [3.63, 3.8) is 0 Å². The lowest BCUT2D eigenvalue weighted by Crippen LogP contribution is -2.48. The fourth-order valence-corrected chi connectivity index (χ4v) is 4.31. The van der Waals surface area contributed by atoms with Crippen molar-refractivity contribution in [1.29, 1.82) is 0 Å². The molecule has 1 heterocycles. The zero-order valence-electron chi connectivity index (χ0n) is 14.1. The van der Waals surface area contributed by atoms with Crippen LogP contribution in [0.1, 0.15) is 31.2 Å². The van der Waals surface area contributed by atoms with Crippen molar-refractivity contribution in [2.24, 2.45) is 0 Å². The molecule has 1 N–H and O–H groups in total. The highest BCUT2D eigenvalue weighted by Gasteiger charge is 2.53. The second kappa shape index (κ2) is 6.37. The number of carbonyl (C=O) groups is 1. The lowest BCUT2D eigenvalue weighted by molar-refractivity contribution is -0.124. The first-order chi connectivity index (χ1) is 11.4. The minimum atomic E-state index is -3.14. The van der Waals surface area contributed by atoms with Crippen LogP contribution in [-0.4, -0.2) is 51.1 Å². The summed E-state index contributed by atoms with van der Waals surface area (Å²) in [5.41, 5.74) is 0.458. The summed E-state index contributed by atoms with van der Waals surface area (Å²) in [5, 5.41) is 3.13. The average Bonchev–Trinajstić information content (AvgIpc) is 3.36. The summed E-state index contributed by atoms with van der Waals surface area (Å²) >= 11 is 0. The van der Waals surface area contributed by atoms with Crippen molar-refractivity contribution in [1.82, 2.24) is 9.62 Å². The van der Waals surface area contributed by atoms with Crippen LogP contribution >= 0.6 is 0 Å². The molecule has 24 heavy (non-hydrogen) atoms. The number of amides is 1. The SMILES string of the molecule is COc1ccccc1C1(C(=O)NC2CCN(S(C)(=O)=O)CC2)CC1. The molecule has 1 aromatic rings. The van der Waals surface area contributed by atoms with Gasteiger partial charge < -0.3 is 10.1 Å². The standard InChI is InChI=1S/C17H24N2O4S/c1-23-15-6-4-3-5-14(15)17(9-10-17)16(20)18-13-7-11-19(12-8-13)24(2,21)22/h3-6,13H,7-12H2,1-2H3,(H,18,20). The number of hydrogen-bond donors (Lipinski definition) is 1. The molecule has 0 atom stereocenters. The molecule has 1 saturated heterocycles. The molecule has 0 unspecified atom stereocenters. The maximum absolute atomic E-state index is 12.8. The molecule has 6 nitrogen and oxygen atoms in total. The topological polar surface area (TPSA) is 75.7 Å². The molecule has 1 aliphatic heterocycles. The van der Waals surface area contributed by atoms with E-state index in [9.17, 15) is 13.2 Å². The predicted octanol–water partition coefficient (Wildman–Crippen LogP) is 1.27. The van der Waals surface area contributed by atoms with Crippen LogP contribution in [0.15, 0.2) is 24.3 Å². The van der Waals surface area contributed by atoms with Crippen molar-refractivity contribution in [2.75, 3.05) is 26.5 Å². The summed E-state index contributed by atoms with van der Waals surface area (Å²) in [6.07, 6.45) is 4.18. The Bertz CT molecular complexity index is 720. The monoisotopic (exact) mass is 352 g/mol. The number of nitrogens with one attached hydrogen (secondary N) is 1. The highest BCUT2D eigenvalue weighted by atomic mass is 32.2. The number of ether oxygens (including phenoxy) is 1. The number of sulfonamides is 1. The normalized spacial score (nSPS) is 21.2. The Balaban J connectivity index is 1.66. The van der Waals surface area contributed by atoms with E-state index >= 15 is 0 Å². The summed E-state index contributed by atoms with van der Waals surface area (Å²) in [6.45, 7) is 0.927. The van der Waals surface area contributed by atoms with E-state index in [2.05, 4.69) is 5.32 Å². The summed E-state index contributed by atoms with van der Waals surface area (Å²) in [5.74, 6) is 0.779. The Morgan fingerprint density at radius 2 is 1.88 bits per heavy atom. The van der Waals surface area contributed by atoms with E-state index in [0.717, 1.165) is 24.2 Å². The minimum Gasteiger partial charge on any atom is -0.496 e. The van der Waals surface area contributed by atoms with E-state index < -0.39 is 15.4 Å². The first-order valence-corrected chi connectivity index (χ1v) is 10.1. The Morgan fingerprint density at radius 1 is 1.25 bits per heavy atom. The van der Waals surface area contributed by atoms with Gasteiger partial charge in [0, 0.05) is 24.7 Å². The molecule has 0 aromatic heterocycles. The van der Waals surface area contributed by atoms with Gasteiger partial charge in [0.15, 0.2) is 0 Å². The van der Waals surface area contributed by atoms with Gasteiger partial charge in [0.2, 0.25) is 15.9 Å². The Kier molecular flexibility index (Phi) is 4.57. The molecule has 1 saturated carbocycles. The highest BCUT2D eigenvalue weighted by molar-refractivity contribution is 7.88. The van der Waals surface area contributed by atoms with Gasteiger partial charge in [-0.1, -0.05) is 18.2 Å². The van der Waals surface area contributed by atoms with Crippen molar-refractivity contribution in [3.05, 3.63) is 29.8 Å². The van der Waals surface area contributed by atoms with Crippen LogP contribution in [0.3, 0.4) is 0 Å². The lowest BCUT2D eigenvalue weighted by atomic mass is 9.93. The van der Waals surface area contributed by atoms with E-state index in [4.69, 9.17) is 4.74 Å². The quantitative estimate of drug-likeness (QED) is 0.866. The molecule has 0 spiro atoms. The zero-order valence-corrected chi connectivity index (χ0v) is 14.9. The van der Waals surface area contributed by atoms with Gasteiger partial charge in [-0.15, -0.1) is 0 Å². The number of nitrogens with zero attached hydrogens (tertiary/aromatic N) is 1. The third kappa shape index (κ3) is 3.28. The Labute approximate surface area is 143 Å². The van der Waals surface area contributed by atoms with Crippen LogP contribution in [0.2, 0.25) is 0 Å². The minimum absolute atomic E-state index is 0.0303. The molecule has 1 aromatic carbocycles. The summed E-state index contributed by atoms with van der Waals surface area (Å²) < 4.78 is 30.0. The van der Waals surface area contributed by atoms with Gasteiger partial charge >= 0.3 is 0 Å². The Hall–Kier alpha value is -1.60. The highest BCUT2D eigenvalue weighted by Crippen LogP contribution is 2.51. The van der Waals surface area contributed by atoms with Crippen LogP contribution in [0, 0.1) is 0 Å². The van der Waals surface area contributed by atoms with E-state index in [1.807, 2.05) is 24.3 Å². The molecule has 7 heteroatoms. The third-order valence-corrected chi connectivity index (χ3v) is 6.37. The van der Waals surface area contributed by atoms with Gasteiger partial charge in [-0.25, -0.2) is 12.7 Å². The molecule has 2 aliphatic rings. The maximum Gasteiger partial charge on any atom is 0.231 e. The fraction of sp³-hybridized carbons (Fsp3) is 0.588. The predicted molar refractivity (Wildman–Crippen MR) is 91.5 cm³/mol. The summed E-state index contributed by atoms with van der Waals surface area (Å²) in [4.78, 5) is 12.8. The van der Waals surface area contributed by atoms with E-state index in [1.54, 1.807) is 7.11 Å². The van der Waals surface area contributed by atoms with Gasteiger partial charge in [0.05, 0.1) is 18.8 Å². The van der Waals surface area contributed by atoms with Gasteiger partial charge in [-0.3, -0.25) is 4.79 Å². The number of piperidine rings is 1. The molecule has 1 aliphatic carbocycles. The van der Waals surface area contributed by atoms with Gasteiger partial charge in [0.25, 0.3) is 0 Å². The smallest absolute Gasteiger partial charge is 0.231 e. The van der Waals surface area contributed by atoms with E-state index in [0.29, 0.717) is 25.9 Å². The molecular weight excluding hydrogens is 328 g/mol. The molecule has 132 valence electrons. The summed E-state index contributed by atoms with van der Waals surface area (Å²) in [6, 6.07) is 7.69. The van der Waals surface area contributed by atoms with Gasteiger partial charge in [-0.05, 0) is 31.7 Å². The van der Waals surface area contributed by atoms with Gasteiger partial charge in [0.1, 0.15) is 5.75 Å². The van der Waals surface area contributed by atoms with Crippen molar-refractivity contribution in [2.45, 2.75) is 37.1 Å². The first kappa shape index (κ1) is 17.2. The fourth-order valence-electron chi connectivity index (χ4n) is 3.44. The number of hydrogen-bond acceptors (Lipinski definition) is 4. The molecular formula is C17H24N2O4S. The molecule has 2 fully saturated rings. The lowest BCUT2D eigenvalue weighted by Gasteiger charge is -2.31. The van der Waals surface area contributed by atoms with Crippen LogP contribution in [-0.2, 0) is 20.2 Å². The number of methoxy groups -OCH3 is 1. The number of carbonyl (C=O) groups excluding carboxylic acids is 1. The Morgan fingerprint density at radius 3 is 2.42 bits per heavy atom. The first-order valence-electron chi connectivity index (χ1n) is 8.26. The third-order valence-electron chi connectivity index (χ3n) is 5.07. The second-order valence-electron chi connectivity index (χ2n) is 6.69. The van der Waals surface area contributed by atoms with E-state index in [-0.39, 0.29) is 11.9 Å². The van der Waals surface area contributed by atoms with Crippen LogP contribution in [0.25, 0.3) is 0 Å². The molecule has 0 bridgehead atoms. The van der Waals surface area contributed by atoms with E-state index in [1.165, 1.54) is 10.6 Å². The second-order valence-corrected chi connectivity index (χ2v) is 8.67. The number of rotatable bonds is 5. The largest absolute Gasteiger partial charge is 0.496 e. The number of para-hydroxylation sites is 1. The molecule has 1 amide bonds. The van der Waals surface area contributed by atoms with Crippen molar-refractivity contribution < 1.29 is 17.9 Å². The molecule has 3 rings (SSSR count). The van der Waals surface area contributed by atoms with Crippen molar-refractivity contribution in [3.8, 4) is 5.75 Å². The number of benzene rings is 1. The molecule has 0 radical (unpaired) electrons.